The van der Waals surface area contributed by atoms with Crippen LogP contribution in [0, 0.1) is 5.92 Å². The van der Waals surface area contributed by atoms with Crippen LogP contribution in [0.2, 0.25) is 0 Å². The first-order valence-corrected chi connectivity index (χ1v) is 17.4. The summed E-state index contributed by atoms with van der Waals surface area (Å²) in [5.74, 6) is 1.61. The van der Waals surface area contributed by atoms with Crippen LogP contribution in [-0.4, -0.2) is 73.7 Å². The molecule has 13 heteroatoms. The van der Waals surface area contributed by atoms with Crippen LogP contribution < -0.4 is 10.2 Å². The molecule has 2 aliphatic carbocycles. The summed E-state index contributed by atoms with van der Waals surface area (Å²) >= 11 is -1.40. The van der Waals surface area contributed by atoms with E-state index in [2.05, 4.69) is 21.4 Å². The van der Waals surface area contributed by atoms with Gasteiger partial charge in [0, 0.05) is 56.0 Å². The molecule has 1 unspecified atom stereocenters. The highest BCUT2D eigenvalue weighted by atomic mass is 32.2. The first kappa shape index (κ1) is 30.9. The molecule has 244 valence electrons. The Labute approximate surface area is 272 Å². The Morgan fingerprint density at radius 3 is 2.74 bits per heavy atom. The Balaban J connectivity index is 1.23. The van der Waals surface area contributed by atoms with Gasteiger partial charge in [0.05, 0.1) is 30.1 Å². The van der Waals surface area contributed by atoms with Crippen molar-refractivity contribution in [3.8, 4) is 0 Å². The molecule has 4 atom stereocenters. The summed E-state index contributed by atoms with van der Waals surface area (Å²) in [5.41, 5.74) is 4.85. The summed E-state index contributed by atoms with van der Waals surface area (Å²) in [6.07, 6.45) is 4.40. The Hall–Kier alpha value is -3.68. The quantitative estimate of drug-likeness (QED) is 0.324. The highest BCUT2D eigenvalue weighted by molar-refractivity contribution is 7.90. The molecule has 1 N–H and O–H groups in total. The molecule has 7 rings (SSSR count). The lowest BCUT2D eigenvalue weighted by atomic mass is 9.74. The van der Waals surface area contributed by atoms with Crippen LogP contribution in [-0.2, 0) is 52.4 Å². The molecule has 12 nitrogen and oxygen atoms in total. The van der Waals surface area contributed by atoms with Gasteiger partial charge in [0.15, 0.2) is 5.69 Å². The molecule has 0 radical (unpaired) electrons. The number of hydrogen-bond acceptors (Lipinski definition) is 9. The van der Waals surface area contributed by atoms with Crippen molar-refractivity contribution in [2.45, 2.75) is 88.4 Å². The zero-order valence-corrected chi connectivity index (χ0v) is 28.1. The van der Waals surface area contributed by atoms with Gasteiger partial charge < -0.3 is 23.8 Å². The smallest absolute Gasteiger partial charge is 0.412 e. The summed E-state index contributed by atoms with van der Waals surface area (Å²) in [6.45, 7) is 7.73. The fourth-order valence-electron chi connectivity index (χ4n) is 7.15. The van der Waals surface area contributed by atoms with E-state index in [0.717, 1.165) is 54.1 Å². The molecule has 3 aromatic rings. The maximum atomic E-state index is 12.9. The number of aryl methyl sites for hydroxylation is 1. The number of nitrogens with one attached hydrogen (secondary N) is 1. The maximum Gasteiger partial charge on any atom is 0.412 e. The van der Waals surface area contributed by atoms with Crippen molar-refractivity contribution < 1.29 is 23.6 Å². The van der Waals surface area contributed by atoms with Crippen LogP contribution in [0.3, 0.4) is 0 Å². The van der Waals surface area contributed by atoms with E-state index in [9.17, 15) is 14.1 Å². The van der Waals surface area contributed by atoms with E-state index in [1.807, 2.05) is 43.7 Å². The highest BCUT2D eigenvalue weighted by Gasteiger charge is 2.54. The number of amides is 2. The molecule has 1 saturated carbocycles. The van der Waals surface area contributed by atoms with Crippen LogP contribution >= 0.6 is 0 Å². The van der Waals surface area contributed by atoms with E-state index in [0.29, 0.717) is 54.5 Å². The van der Waals surface area contributed by atoms with Crippen LogP contribution in [0.1, 0.15) is 84.5 Å². The van der Waals surface area contributed by atoms with E-state index in [1.165, 1.54) is 10.5 Å². The first-order chi connectivity index (χ1) is 21.8. The average Bonchev–Trinajstić information content (AvgIpc) is 3.69. The second-order valence-corrected chi connectivity index (χ2v) is 15.4. The minimum Gasteiger partial charge on any atom is -0.609 e. The lowest BCUT2D eigenvalue weighted by Gasteiger charge is -2.43. The predicted octanol–water partition coefficient (Wildman–Crippen LogP) is 4.35. The zero-order chi connectivity index (χ0) is 32.5. The Kier molecular flexibility index (Phi) is 7.56. The number of nitrogens with zero attached hydrogens (tertiary/aromatic N) is 6. The summed E-state index contributed by atoms with van der Waals surface area (Å²) in [6, 6.07) is 7.93. The molecular weight excluding hydrogens is 606 g/mol. The third-order valence-electron chi connectivity index (χ3n) is 9.30. The molecule has 1 aromatic carbocycles. The van der Waals surface area contributed by atoms with Gasteiger partial charge in [-0.3, -0.25) is 14.8 Å². The highest BCUT2D eigenvalue weighted by Crippen LogP contribution is 2.62. The number of ether oxygens (including phenoxy) is 2. The van der Waals surface area contributed by atoms with Crippen LogP contribution in [0.5, 0.6) is 0 Å². The van der Waals surface area contributed by atoms with Crippen LogP contribution in [0.4, 0.5) is 16.3 Å². The second kappa shape index (κ2) is 11.2. The van der Waals surface area contributed by atoms with E-state index in [4.69, 9.17) is 19.4 Å². The number of fused-ring (bicyclic) bond motifs is 6. The molecule has 0 bridgehead atoms. The number of aromatic nitrogens is 4. The molecule has 2 aliphatic heterocycles. The molecule has 46 heavy (non-hydrogen) atoms. The van der Waals surface area contributed by atoms with Crippen molar-refractivity contribution in [2.75, 3.05) is 37.1 Å². The van der Waals surface area contributed by atoms with Gasteiger partial charge in [-0.05, 0) is 81.2 Å². The second-order valence-electron chi connectivity index (χ2n) is 14.1. The van der Waals surface area contributed by atoms with Crippen molar-refractivity contribution in [1.82, 2.24) is 24.6 Å². The topological polar surface area (TPSA) is 138 Å². The lowest BCUT2D eigenvalue weighted by molar-refractivity contribution is -0.0875. The van der Waals surface area contributed by atoms with Gasteiger partial charge in [-0.1, -0.05) is 6.07 Å². The number of rotatable bonds is 4. The van der Waals surface area contributed by atoms with Gasteiger partial charge in [0.2, 0.25) is 0 Å². The van der Waals surface area contributed by atoms with Crippen molar-refractivity contribution in [3.63, 3.8) is 0 Å². The molecule has 0 saturated heterocycles. The third kappa shape index (κ3) is 5.73. The number of carbonyl (C=O) groups excluding carboxylic acids is 2. The SMILES string of the molecule is CN(C)C(=O)c1cc2n(n1)CCCN(c1nc([S+](C)[O-])nc3c1CO[C@@]1(C3)C[C@@H]3C[C@@H]3c3ccc(NC(=O)OC(C)(C)C)cc31)C2. The van der Waals surface area contributed by atoms with E-state index in [1.54, 1.807) is 20.4 Å². The molecule has 1 spiro atoms. The van der Waals surface area contributed by atoms with E-state index in [-0.39, 0.29) is 5.91 Å². The third-order valence-corrected chi connectivity index (χ3v) is 9.99. The minimum absolute atomic E-state index is 0.135. The largest absolute Gasteiger partial charge is 0.609 e. The zero-order valence-electron chi connectivity index (χ0n) is 27.3. The van der Waals surface area contributed by atoms with Gasteiger partial charge in [-0.25, -0.2) is 4.79 Å². The predicted molar refractivity (Wildman–Crippen MR) is 172 cm³/mol. The molecule has 4 heterocycles. The first-order valence-electron chi connectivity index (χ1n) is 15.9. The molecule has 4 aliphatic rings. The van der Waals surface area contributed by atoms with Gasteiger partial charge >= 0.3 is 11.2 Å². The van der Waals surface area contributed by atoms with Crippen molar-refractivity contribution in [2.24, 2.45) is 5.92 Å². The van der Waals surface area contributed by atoms with Crippen LogP contribution in [0.15, 0.2) is 29.4 Å². The Morgan fingerprint density at radius 2 is 2.00 bits per heavy atom. The van der Waals surface area contributed by atoms with Crippen molar-refractivity contribution in [1.29, 1.82) is 0 Å². The monoisotopic (exact) mass is 647 g/mol. The number of hydrogen-bond donors (Lipinski definition) is 1. The van der Waals surface area contributed by atoms with Crippen molar-refractivity contribution in [3.05, 3.63) is 58.0 Å². The normalized spacial score (nSPS) is 23.8. The van der Waals surface area contributed by atoms with Gasteiger partial charge in [0.25, 0.3) is 5.91 Å². The van der Waals surface area contributed by atoms with Gasteiger partial charge in [-0.15, -0.1) is 0 Å². The number of anilines is 2. The Bertz CT molecular complexity index is 1720. The molecular formula is C33H41N7O5S. The Morgan fingerprint density at radius 1 is 1.20 bits per heavy atom. The number of benzene rings is 1. The van der Waals surface area contributed by atoms with Gasteiger partial charge in [0.1, 0.15) is 17.7 Å². The van der Waals surface area contributed by atoms with E-state index >= 15 is 0 Å². The maximum absolute atomic E-state index is 12.9. The fraction of sp³-hybridized carbons (Fsp3) is 0.545. The van der Waals surface area contributed by atoms with Gasteiger partial charge in [-0.2, -0.15) is 15.1 Å². The summed E-state index contributed by atoms with van der Waals surface area (Å²) < 4.78 is 27.2. The molecule has 2 aromatic heterocycles. The average molecular weight is 648 g/mol. The molecule has 2 amide bonds. The standard InChI is InChI=1S/C33H41N7O5S/c1-32(2,3)45-31(42)34-20-8-9-22-23-12-19(23)15-33(25(22)13-20)16-27-24(18-44-33)28(36-30(35-27)46(6)43)39-10-7-11-40-21(17-39)14-26(37-40)29(41)38(4)5/h8-9,13-14,19,23H,7,10-12,15-18H2,1-6H3,(H,34,42)/t19-,23-,33+,46?/m0/s1. The summed E-state index contributed by atoms with van der Waals surface area (Å²) in [7, 11) is 3.44. The lowest BCUT2D eigenvalue weighted by Crippen LogP contribution is -2.41. The minimum atomic E-state index is -1.40. The van der Waals surface area contributed by atoms with E-state index < -0.39 is 28.5 Å². The fourth-order valence-corrected chi connectivity index (χ4v) is 7.61. The summed E-state index contributed by atoms with van der Waals surface area (Å²) in [5, 5.41) is 7.79. The molecule has 1 fully saturated rings. The number of carbonyl (C=O) groups is 2. The summed E-state index contributed by atoms with van der Waals surface area (Å²) in [4.78, 5) is 38.7. The van der Waals surface area contributed by atoms with Crippen LogP contribution in [0.25, 0.3) is 0 Å². The van der Waals surface area contributed by atoms with Crippen molar-refractivity contribution >= 4 is 34.7 Å².